The first-order valence-electron chi connectivity index (χ1n) is 7.93. The Hall–Kier alpha value is -3.35. The van der Waals surface area contributed by atoms with Crippen LogP contribution in [0.1, 0.15) is 18.7 Å². The second-order valence-corrected chi connectivity index (χ2v) is 5.82. The van der Waals surface area contributed by atoms with Crippen molar-refractivity contribution < 1.29 is 9.21 Å². The van der Waals surface area contributed by atoms with Crippen LogP contribution in [0.4, 0.5) is 0 Å². The Labute approximate surface area is 142 Å². The van der Waals surface area contributed by atoms with Crippen LogP contribution in [0.5, 0.6) is 0 Å². The van der Waals surface area contributed by atoms with Crippen LogP contribution < -0.4 is 10.9 Å². The molecule has 1 amide bonds. The second kappa shape index (κ2) is 5.94. The maximum Gasteiger partial charge on any atom is 0.288 e. The van der Waals surface area contributed by atoms with Gasteiger partial charge in [0.2, 0.25) is 5.91 Å². The van der Waals surface area contributed by atoms with Crippen molar-refractivity contribution in [2.24, 2.45) is 0 Å². The first kappa shape index (κ1) is 15.2. The molecule has 0 saturated heterocycles. The number of aromatic amines is 1. The highest BCUT2D eigenvalue weighted by molar-refractivity contribution is 6.08. The number of H-pyrrole nitrogens is 1. The van der Waals surface area contributed by atoms with Gasteiger partial charge in [-0.25, -0.2) is 5.10 Å². The minimum absolute atomic E-state index is 0.199. The number of nitrogens with zero attached hydrogens (tertiary/aromatic N) is 2. The van der Waals surface area contributed by atoms with Crippen LogP contribution >= 0.6 is 0 Å². The van der Waals surface area contributed by atoms with E-state index in [1.807, 2.05) is 24.3 Å². The van der Waals surface area contributed by atoms with Crippen molar-refractivity contribution in [1.29, 1.82) is 0 Å². The van der Waals surface area contributed by atoms with Gasteiger partial charge in [0.1, 0.15) is 17.3 Å². The fourth-order valence-corrected chi connectivity index (χ4v) is 3.11. The third-order valence-corrected chi connectivity index (χ3v) is 4.31. The molecular weight excluding hydrogens is 320 g/mol. The monoisotopic (exact) mass is 336 g/mol. The topological polar surface area (TPSA) is 92.9 Å². The van der Waals surface area contributed by atoms with Gasteiger partial charge in [0.05, 0.1) is 24.5 Å². The summed E-state index contributed by atoms with van der Waals surface area (Å²) >= 11 is 0. The number of aromatic nitrogens is 3. The van der Waals surface area contributed by atoms with E-state index in [4.69, 9.17) is 4.42 Å². The highest BCUT2D eigenvalue weighted by Gasteiger charge is 2.22. The highest BCUT2D eigenvalue weighted by Crippen LogP contribution is 2.29. The number of carbonyl (C=O) groups is 1. The van der Waals surface area contributed by atoms with Crippen molar-refractivity contribution in [2.75, 3.05) is 0 Å². The van der Waals surface area contributed by atoms with Gasteiger partial charge in [-0.15, -0.1) is 0 Å². The van der Waals surface area contributed by atoms with Gasteiger partial charge in [0.15, 0.2) is 0 Å². The summed E-state index contributed by atoms with van der Waals surface area (Å²) in [6.07, 6.45) is 3.17. The summed E-state index contributed by atoms with van der Waals surface area (Å²) in [7, 11) is 0. The number of para-hydroxylation sites is 1. The number of furan rings is 1. The van der Waals surface area contributed by atoms with Crippen molar-refractivity contribution in [3.63, 3.8) is 0 Å². The van der Waals surface area contributed by atoms with Crippen LogP contribution in [0.2, 0.25) is 0 Å². The van der Waals surface area contributed by atoms with Gasteiger partial charge < -0.3 is 14.3 Å². The molecule has 0 spiro atoms. The predicted molar refractivity (Wildman–Crippen MR) is 93.1 cm³/mol. The Morgan fingerprint density at radius 2 is 2.12 bits per heavy atom. The van der Waals surface area contributed by atoms with E-state index in [2.05, 4.69) is 15.5 Å². The van der Waals surface area contributed by atoms with Crippen molar-refractivity contribution in [1.82, 2.24) is 20.1 Å². The molecule has 126 valence electrons. The van der Waals surface area contributed by atoms with Crippen molar-refractivity contribution in [3.8, 4) is 0 Å². The number of benzene rings is 1. The van der Waals surface area contributed by atoms with E-state index in [0.717, 1.165) is 16.3 Å². The van der Waals surface area contributed by atoms with Crippen LogP contribution in [0, 0.1) is 0 Å². The van der Waals surface area contributed by atoms with Crippen LogP contribution in [0.3, 0.4) is 0 Å². The highest BCUT2D eigenvalue weighted by atomic mass is 16.3. The summed E-state index contributed by atoms with van der Waals surface area (Å²) in [5.74, 6) is 0.472. The largest absolute Gasteiger partial charge is 0.467 e. The number of hydrogen-bond donors (Lipinski definition) is 2. The number of amides is 1. The number of carbonyl (C=O) groups excluding carboxylic acids is 1. The van der Waals surface area contributed by atoms with Crippen LogP contribution in [-0.2, 0) is 11.3 Å². The zero-order chi connectivity index (χ0) is 17.4. The van der Waals surface area contributed by atoms with Gasteiger partial charge in [-0.2, -0.15) is 5.10 Å². The summed E-state index contributed by atoms with van der Waals surface area (Å²) in [5, 5.41) is 10.8. The third-order valence-electron chi connectivity index (χ3n) is 4.31. The van der Waals surface area contributed by atoms with Gasteiger partial charge in [-0.3, -0.25) is 9.59 Å². The maximum atomic E-state index is 12.6. The molecule has 7 heteroatoms. The zero-order valence-electron chi connectivity index (χ0n) is 13.5. The van der Waals surface area contributed by atoms with E-state index >= 15 is 0 Å². The molecule has 25 heavy (non-hydrogen) atoms. The molecule has 1 aromatic carbocycles. The molecule has 2 N–H and O–H groups in total. The molecule has 7 nitrogen and oxygen atoms in total. The summed E-state index contributed by atoms with van der Waals surface area (Å²) in [6.45, 7) is 2.06. The van der Waals surface area contributed by atoms with E-state index in [0.29, 0.717) is 17.8 Å². The summed E-state index contributed by atoms with van der Waals surface area (Å²) in [6, 6.07) is 10.6. The SMILES string of the molecule is C[C@@H](C(=O)NCc1ccco1)n1c2ccccc2c2cn[nH]c(=O)c21. The molecule has 0 aliphatic heterocycles. The van der Waals surface area contributed by atoms with Crippen LogP contribution in [0.15, 0.2) is 58.1 Å². The smallest absolute Gasteiger partial charge is 0.288 e. The lowest BCUT2D eigenvalue weighted by molar-refractivity contribution is -0.123. The minimum atomic E-state index is -0.569. The number of hydrogen-bond acceptors (Lipinski definition) is 4. The van der Waals surface area contributed by atoms with Gasteiger partial charge >= 0.3 is 0 Å². The molecular formula is C18H16N4O3. The Morgan fingerprint density at radius 1 is 1.28 bits per heavy atom. The van der Waals surface area contributed by atoms with Crippen LogP contribution in [-0.4, -0.2) is 20.7 Å². The molecule has 0 fully saturated rings. The van der Waals surface area contributed by atoms with Crippen molar-refractivity contribution in [3.05, 3.63) is 65.0 Å². The Kier molecular flexibility index (Phi) is 3.61. The van der Waals surface area contributed by atoms with E-state index in [1.54, 1.807) is 36.1 Å². The number of rotatable bonds is 4. The lowest BCUT2D eigenvalue weighted by Crippen LogP contribution is -2.31. The Morgan fingerprint density at radius 3 is 2.92 bits per heavy atom. The Bertz CT molecular complexity index is 1110. The van der Waals surface area contributed by atoms with Gasteiger partial charge in [-0.05, 0) is 25.1 Å². The maximum absolute atomic E-state index is 12.6. The van der Waals surface area contributed by atoms with Crippen molar-refractivity contribution in [2.45, 2.75) is 19.5 Å². The average Bonchev–Trinajstić information content (AvgIpc) is 3.26. The van der Waals surface area contributed by atoms with Crippen LogP contribution in [0.25, 0.3) is 21.8 Å². The fourth-order valence-electron chi connectivity index (χ4n) is 3.11. The van der Waals surface area contributed by atoms with E-state index in [9.17, 15) is 9.59 Å². The molecule has 4 rings (SSSR count). The normalized spacial score (nSPS) is 12.5. The summed E-state index contributed by atoms with van der Waals surface area (Å²) < 4.78 is 6.98. The second-order valence-electron chi connectivity index (χ2n) is 5.82. The molecule has 3 heterocycles. The van der Waals surface area contributed by atoms with Gasteiger partial charge in [0.25, 0.3) is 5.56 Å². The predicted octanol–water partition coefficient (Wildman–Crippen LogP) is 2.35. The van der Waals surface area contributed by atoms with Gasteiger partial charge in [0, 0.05) is 10.8 Å². The zero-order valence-corrected chi connectivity index (χ0v) is 13.5. The Balaban J connectivity index is 1.78. The first-order chi connectivity index (χ1) is 12.2. The first-order valence-corrected chi connectivity index (χ1v) is 7.93. The van der Waals surface area contributed by atoms with E-state index in [1.165, 1.54) is 0 Å². The molecule has 4 aromatic rings. The van der Waals surface area contributed by atoms with Crippen molar-refractivity contribution >= 4 is 27.7 Å². The summed E-state index contributed by atoms with van der Waals surface area (Å²) in [4.78, 5) is 25.0. The van der Waals surface area contributed by atoms with E-state index < -0.39 is 6.04 Å². The molecule has 0 aliphatic carbocycles. The lowest BCUT2D eigenvalue weighted by Gasteiger charge is -2.16. The molecule has 3 aromatic heterocycles. The summed E-state index contributed by atoms with van der Waals surface area (Å²) in [5.41, 5.74) is 0.938. The quantitative estimate of drug-likeness (QED) is 0.598. The van der Waals surface area contributed by atoms with E-state index in [-0.39, 0.29) is 11.5 Å². The number of nitrogens with one attached hydrogen (secondary N) is 2. The lowest BCUT2D eigenvalue weighted by atomic mass is 10.2. The standard InChI is InChI=1S/C18H16N4O3/c1-11(17(23)19-9-12-5-4-8-25-12)22-15-7-3-2-6-13(15)14-10-20-21-18(24)16(14)22/h2-8,10-11H,9H2,1H3,(H,19,23)(H,21,24)/t11-/m0/s1. The minimum Gasteiger partial charge on any atom is -0.467 e. The molecule has 0 aliphatic rings. The molecule has 0 bridgehead atoms. The average molecular weight is 336 g/mol. The molecule has 1 atom stereocenters. The number of fused-ring (bicyclic) bond motifs is 3. The third kappa shape index (κ3) is 2.50. The molecule has 0 radical (unpaired) electrons. The fraction of sp³-hybridized carbons (Fsp3) is 0.167. The molecule has 0 saturated carbocycles. The molecule has 0 unspecified atom stereocenters. The van der Waals surface area contributed by atoms with Gasteiger partial charge in [-0.1, -0.05) is 18.2 Å².